The first-order valence-electron chi connectivity index (χ1n) is 7.94. The van der Waals surface area contributed by atoms with Gasteiger partial charge in [-0.05, 0) is 55.7 Å². The van der Waals surface area contributed by atoms with Crippen molar-refractivity contribution in [1.29, 1.82) is 0 Å². The van der Waals surface area contributed by atoms with E-state index < -0.39 is 11.6 Å². The molecule has 0 aliphatic carbocycles. The van der Waals surface area contributed by atoms with Gasteiger partial charge in [-0.25, -0.2) is 8.78 Å². The zero-order chi connectivity index (χ0) is 17.7. The van der Waals surface area contributed by atoms with Crippen LogP contribution in [0.2, 0.25) is 0 Å². The molecule has 0 spiro atoms. The van der Waals surface area contributed by atoms with Gasteiger partial charge < -0.3 is 14.6 Å². The van der Waals surface area contributed by atoms with Crippen LogP contribution in [0.1, 0.15) is 39.0 Å². The number of rotatable bonds is 6. The van der Waals surface area contributed by atoms with Crippen molar-refractivity contribution in [3.63, 3.8) is 0 Å². The third-order valence-corrected chi connectivity index (χ3v) is 4.08. The zero-order valence-corrected chi connectivity index (χ0v) is 14.9. The van der Waals surface area contributed by atoms with Crippen LogP contribution < -0.4 is 5.32 Å². The van der Waals surface area contributed by atoms with Crippen molar-refractivity contribution in [1.82, 2.24) is 4.90 Å². The van der Waals surface area contributed by atoms with E-state index in [1.54, 1.807) is 6.26 Å². The van der Waals surface area contributed by atoms with Crippen molar-refractivity contribution < 1.29 is 13.2 Å². The summed E-state index contributed by atoms with van der Waals surface area (Å²) in [5, 5.41) is 3.33. The lowest BCUT2D eigenvalue weighted by Crippen LogP contribution is -2.38. The Hall–Kier alpha value is -1.95. The highest BCUT2D eigenvalue weighted by Crippen LogP contribution is 2.23. The quantitative estimate of drug-likeness (QED) is 0.708. The minimum Gasteiger partial charge on any atom is -0.467 e. The SMILES string of the molecule is CC(C)CCN(C(=S)Nc1cc(F)cc(F)c1)[C@H](C)c1ccco1. The Morgan fingerprint density at radius 1 is 1.21 bits per heavy atom. The Morgan fingerprint density at radius 3 is 2.42 bits per heavy atom. The fraction of sp³-hybridized carbons (Fsp3) is 0.389. The van der Waals surface area contributed by atoms with Gasteiger partial charge in [0.1, 0.15) is 17.4 Å². The van der Waals surface area contributed by atoms with E-state index in [0.717, 1.165) is 18.2 Å². The molecule has 2 rings (SSSR count). The average Bonchev–Trinajstić information content (AvgIpc) is 2.99. The molecule has 130 valence electrons. The van der Waals surface area contributed by atoms with E-state index in [1.807, 2.05) is 24.0 Å². The van der Waals surface area contributed by atoms with Crippen LogP contribution in [-0.4, -0.2) is 16.6 Å². The summed E-state index contributed by atoms with van der Waals surface area (Å²) in [4.78, 5) is 1.97. The molecular weight excluding hydrogens is 330 g/mol. The topological polar surface area (TPSA) is 28.4 Å². The summed E-state index contributed by atoms with van der Waals surface area (Å²) in [5.74, 6) is 0.000251. The minimum absolute atomic E-state index is 0.0860. The lowest BCUT2D eigenvalue weighted by molar-refractivity contribution is 0.281. The van der Waals surface area contributed by atoms with Gasteiger partial charge in [-0.3, -0.25) is 0 Å². The largest absolute Gasteiger partial charge is 0.467 e. The molecule has 0 aliphatic rings. The maximum Gasteiger partial charge on any atom is 0.174 e. The predicted octanol–water partition coefficient (Wildman–Crippen LogP) is 5.36. The Balaban J connectivity index is 2.16. The van der Waals surface area contributed by atoms with E-state index >= 15 is 0 Å². The van der Waals surface area contributed by atoms with E-state index in [1.165, 1.54) is 12.1 Å². The number of halogens is 2. The summed E-state index contributed by atoms with van der Waals surface area (Å²) in [5.41, 5.74) is 0.290. The van der Waals surface area contributed by atoms with Gasteiger partial charge in [0.2, 0.25) is 0 Å². The first kappa shape index (κ1) is 18.4. The summed E-state index contributed by atoms with van der Waals surface area (Å²) in [6.45, 7) is 6.96. The fourth-order valence-corrected chi connectivity index (χ4v) is 2.74. The second kappa shape index (κ2) is 8.24. The maximum absolute atomic E-state index is 13.4. The van der Waals surface area contributed by atoms with Gasteiger partial charge in [-0.2, -0.15) is 0 Å². The van der Waals surface area contributed by atoms with Crippen molar-refractivity contribution in [3.8, 4) is 0 Å². The van der Waals surface area contributed by atoms with Crippen molar-refractivity contribution in [2.24, 2.45) is 5.92 Å². The number of hydrogen-bond donors (Lipinski definition) is 1. The Bertz CT molecular complexity index is 653. The fourth-order valence-electron chi connectivity index (χ4n) is 2.37. The van der Waals surface area contributed by atoms with Crippen LogP contribution >= 0.6 is 12.2 Å². The molecule has 0 saturated carbocycles. The molecule has 0 aliphatic heterocycles. The van der Waals surface area contributed by atoms with Gasteiger partial charge in [-0.15, -0.1) is 0 Å². The van der Waals surface area contributed by atoms with Crippen LogP contribution in [-0.2, 0) is 0 Å². The second-order valence-corrected chi connectivity index (χ2v) is 6.54. The number of nitrogens with one attached hydrogen (secondary N) is 1. The van der Waals surface area contributed by atoms with Gasteiger partial charge >= 0.3 is 0 Å². The predicted molar refractivity (Wildman–Crippen MR) is 95.9 cm³/mol. The highest BCUT2D eigenvalue weighted by molar-refractivity contribution is 7.80. The molecule has 0 unspecified atom stereocenters. The normalized spacial score (nSPS) is 12.2. The minimum atomic E-state index is -0.645. The summed E-state index contributed by atoms with van der Waals surface area (Å²) >= 11 is 5.47. The standard InChI is InChI=1S/C18H22F2N2OS/c1-12(2)6-7-22(13(3)17-5-4-8-23-17)18(24)21-16-10-14(19)9-15(20)11-16/h4-5,8-13H,6-7H2,1-3H3,(H,21,24)/t13-/m1/s1. The maximum atomic E-state index is 13.4. The van der Waals surface area contributed by atoms with E-state index in [2.05, 4.69) is 19.2 Å². The molecule has 2 aromatic rings. The van der Waals surface area contributed by atoms with Crippen molar-refractivity contribution in [2.75, 3.05) is 11.9 Å². The lowest BCUT2D eigenvalue weighted by Gasteiger charge is -2.31. The van der Waals surface area contributed by atoms with Gasteiger partial charge in [0, 0.05) is 18.3 Å². The van der Waals surface area contributed by atoms with Crippen LogP contribution in [0.3, 0.4) is 0 Å². The molecule has 1 heterocycles. The number of benzene rings is 1. The van der Waals surface area contributed by atoms with Crippen molar-refractivity contribution >= 4 is 23.0 Å². The molecule has 1 N–H and O–H groups in total. The Morgan fingerprint density at radius 2 is 1.88 bits per heavy atom. The van der Waals surface area contributed by atoms with Gasteiger partial charge in [0.15, 0.2) is 5.11 Å². The average molecular weight is 352 g/mol. The number of nitrogens with zero attached hydrogens (tertiary/aromatic N) is 1. The van der Waals surface area contributed by atoms with Crippen LogP contribution in [0.15, 0.2) is 41.0 Å². The van der Waals surface area contributed by atoms with E-state index in [-0.39, 0.29) is 6.04 Å². The molecule has 24 heavy (non-hydrogen) atoms. The summed E-state index contributed by atoms with van der Waals surface area (Å²) < 4.78 is 32.2. The van der Waals surface area contributed by atoms with E-state index in [4.69, 9.17) is 16.6 Å². The molecule has 0 fully saturated rings. The third kappa shape index (κ3) is 5.03. The summed E-state index contributed by atoms with van der Waals surface area (Å²) in [6, 6.07) is 6.89. The molecule has 3 nitrogen and oxygen atoms in total. The van der Waals surface area contributed by atoms with E-state index in [9.17, 15) is 8.78 Å². The molecule has 1 aromatic carbocycles. The molecule has 6 heteroatoms. The third-order valence-electron chi connectivity index (χ3n) is 3.74. The van der Waals surface area contributed by atoms with Crippen LogP contribution in [0, 0.1) is 17.6 Å². The highest BCUT2D eigenvalue weighted by Gasteiger charge is 2.21. The van der Waals surface area contributed by atoms with Gasteiger partial charge in [0.25, 0.3) is 0 Å². The van der Waals surface area contributed by atoms with Crippen LogP contribution in [0.5, 0.6) is 0 Å². The van der Waals surface area contributed by atoms with Crippen molar-refractivity contribution in [3.05, 3.63) is 54.0 Å². The molecule has 1 atom stereocenters. The van der Waals surface area contributed by atoms with E-state index in [0.29, 0.717) is 23.3 Å². The Kier molecular flexibility index (Phi) is 6.31. The molecular formula is C18H22F2N2OS. The number of hydrogen-bond acceptors (Lipinski definition) is 2. The second-order valence-electron chi connectivity index (χ2n) is 6.16. The van der Waals surface area contributed by atoms with Crippen molar-refractivity contribution in [2.45, 2.75) is 33.2 Å². The van der Waals surface area contributed by atoms with Crippen LogP contribution in [0.25, 0.3) is 0 Å². The molecule has 0 radical (unpaired) electrons. The number of anilines is 1. The molecule has 0 amide bonds. The number of furan rings is 1. The monoisotopic (exact) mass is 352 g/mol. The highest BCUT2D eigenvalue weighted by atomic mass is 32.1. The van der Waals surface area contributed by atoms with Crippen LogP contribution in [0.4, 0.5) is 14.5 Å². The smallest absolute Gasteiger partial charge is 0.174 e. The summed E-state index contributed by atoms with van der Waals surface area (Å²) in [6.07, 6.45) is 2.55. The Labute approximate surface area is 146 Å². The molecule has 0 bridgehead atoms. The molecule has 1 aromatic heterocycles. The molecule has 0 saturated heterocycles. The van der Waals surface area contributed by atoms with Gasteiger partial charge in [0.05, 0.1) is 12.3 Å². The first-order valence-corrected chi connectivity index (χ1v) is 8.34. The first-order chi connectivity index (χ1) is 11.4. The zero-order valence-electron chi connectivity index (χ0n) is 14.1. The lowest BCUT2D eigenvalue weighted by atomic mass is 10.1. The summed E-state index contributed by atoms with van der Waals surface area (Å²) in [7, 11) is 0. The van der Waals surface area contributed by atoms with Gasteiger partial charge in [-0.1, -0.05) is 13.8 Å². The number of thiocarbonyl (C=S) groups is 1.